The highest BCUT2D eigenvalue weighted by molar-refractivity contribution is 5.08. The minimum atomic E-state index is -0.218. The molecule has 1 atom stereocenters. The summed E-state index contributed by atoms with van der Waals surface area (Å²) in [5.74, 6) is -0.218. The fourth-order valence-corrected chi connectivity index (χ4v) is 2.99. The molecule has 100 valence electrons. The Morgan fingerprint density at radius 1 is 1.39 bits per heavy atom. The molecule has 1 aliphatic heterocycles. The molecular weight excluding hydrogens is 228 g/mol. The summed E-state index contributed by atoms with van der Waals surface area (Å²) in [6, 6.07) is 0. The second-order valence-electron chi connectivity index (χ2n) is 5.57. The number of aromatic nitrogens is 2. The lowest BCUT2D eigenvalue weighted by Gasteiger charge is -2.22. The van der Waals surface area contributed by atoms with Gasteiger partial charge in [0, 0.05) is 25.1 Å². The van der Waals surface area contributed by atoms with E-state index in [9.17, 15) is 0 Å². The molecule has 2 heterocycles. The Hall–Kier alpha value is -0.870. The van der Waals surface area contributed by atoms with Crippen molar-refractivity contribution in [3.8, 4) is 0 Å². The van der Waals surface area contributed by atoms with Gasteiger partial charge < -0.3 is 14.0 Å². The van der Waals surface area contributed by atoms with Crippen LogP contribution in [0.5, 0.6) is 0 Å². The molecule has 2 fully saturated rings. The van der Waals surface area contributed by atoms with Gasteiger partial charge in [-0.15, -0.1) is 0 Å². The molecule has 4 nitrogen and oxygen atoms in total. The van der Waals surface area contributed by atoms with Gasteiger partial charge in [-0.05, 0) is 33.1 Å². The van der Waals surface area contributed by atoms with Gasteiger partial charge in [0.2, 0.25) is 0 Å². The van der Waals surface area contributed by atoms with Crippen molar-refractivity contribution >= 4 is 0 Å². The Morgan fingerprint density at radius 2 is 2.17 bits per heavy atom. The summed E-state index contributed by atoms with van der Waals surface area (Å²) in [4.78, 5) is 4.32. The maximum absolute atomic E-state index is 6.12. The first kappa shape index (κ1) is 12.2. The monoisotopic (exact) mass is 250 g/mol. The predicted molar refractivity (Wildman–Crippen MR) is 68.3 cm³/mol. The molecule has 1 saturated carbocycles. The van der Waals surface area contributed by atoms with Crippen LogP contribution in [0.3, 0.4) is 0 Å². The van der Waals surface area contributed by atoms with E-state index in [-0.39, 0.29) is 11.9 Å². The third-order valence-corrected chi connectivity index (χ3v) is 4.32. The molecule has 18 heavy (non-hydrogen) atoms. The molecule has 1 saturated heterocycles. The zero-order chi connectivity index (χ0) is 12.6. The molecule has 0 N–H and O–H groups in total. The topological polar surface area (TPSA) is 36.3 Å². The average molecular weight is 250 g/mol. The predicted octanol–water partition coefficient (Wildman–Crippen LogP) is 2.58. The first-order chi connectivity index (χ1) is 8.69. The highest BCUT2D eigenvalue weighted by Crippen LogP contribution is 2.39. The molecular formula is C14H22N2O2. The molecule has 1 aromatic heterocycles. The van der Waals surface area contributed by atoms with Crippen LogP contribution in [0.15, 0.2) is 6.33 Å². The fourth-order valence-electron chi connectivity index (χ4n) is 2.99. The lowest BCUT2D eigenvalue weighted by atomic mass is 10.2. The third kappa shape index (κ3) is 2.19. The maximum Gasteiger partial charge on any atom is 0.168 e. The highest BCUT2D eigenvalue weighted by Gasteiger charge is 2.43. The van der Waals surface area contributed by atoms with Gasteiger partial charge in [0.05, 0.1) is 24.7 Å². The summed E-state index contributed by atoms with van der Waals surface area (Å²) in [6.45, 7) is 5.89. The maximum atomic E-state index is 6.12. The van der Waals surface area contributed by atoms with Crippen LogP contribution in [-0.4, -0.2) is 28.0 Å². The van der Waals surface area contributed by atoms with Crippen molar-refractivity contribution in [1.29, 1.82) is 0 Å². The van der Waals surface area contributed by atoms with E-state index < -0.39 is 0 Å². The van der Waals surface area contributed by atoms with Crippen LogP contribution in [0, 0.1) is 13.8 Å². The molecule has 0 aromatic carbocycles. The van der Waals surface area contributed by atoms with E-state index >= 15 is 0 Å². The summed E-state index contributed by atoms with van der Waals surface area (Å²) < 4.78 is 14.2. The molecule has 0 radical (unpaired) electrons. The molecule has 3 rings (SSSR count). The Morgan fingerprint density at radius 3 is 2.83 bits per heavy atom. The minimum Gasteiger partial charge on any atom is -0.347 e. The lowest BCUT2D eigenvalue weighted by molar-refractivity contribution is -0.162. The van der Waals surface area contributed by atoms with Crippen molar-refractivity contribution in [3.05, 3.63) is 17.7 Å². The van der Waals surface area contributed by atoms with Gasteiger partial charge in [-0.3, -0.25) is 0 Å². The van der Waals surface area contributed by atoms with E-state index in [2.05, 4.69) is 23.4 Å². The van der Waals surface area contributed by atoms with E-state index in [0.29, 0.717) is 0 Å². The Kier molecular flexibility index (Phi) is 3.16. The summed E-state index contributed by atoms with van der Waals surface area (Å²) >= 11 is 0. The molecule has 1 unspecified atom stereocenters. The second-order valence-corrected chi connectivity index (χ2v) is 5.57. The molecule has 1 spiro atoms. The molecule has 1 aliphatic carbocycles. The van der Waals surface area contributed by atoms with Gasteiger partial charge in [0.15, 0.2) is 5.79 Å². The summed E-state index contributed by atoms with van der Waals surface area (Å²) in [5, 5.41) is 0. The number of ether oxygens (including phenoxy) is 2. The zero-order valence-corrected chi connectivity index (χ0v) is 11.3. The smallest absolute Gasteiger partial charge is 0.168 e. The number of imidazole rings is 1. The van der Waals surface area contributed by atoms with Gasteiger partial charge >= 0.3 is 0 Å². The number of nitrogens with zero attached hydrogens (tertiary/aromatic N) is 2. The van der Waals surface area contributed by atoms with Crippen LogP contribution >= 0.6 is 0 Å². The largest absolute Gasteiger partial charge is 0.347 e. The van der Waals surface area contributed by atoms with E-state index in [1.54, 1.807) is 0 Å². The van der Waals surface area contributed by atoms with Crippen molar-refractivity contribution in [1.82, 2.24) is 9.55 Å². The second kappa shape index (κ2) is 4.67. The zero-order valence-electron chi connectivity index (χ0n) is 11.3. The molecule has 4 heteroatoms. The van der Waals surface area contributed by atoms with E-state index in [1.807, 2.05) is 6.33 Å². The van der Waals surface area contributed by atoms with Gasteiger partial charge in [0.25, 0.3) is 0 Å². The molecule has 0 amide bonds. The van der Waals surface area contributed by atoms with Crippen molar-refractivity contribution in [2.75, 3.05) is 6.61 Å². The Labute approximate surface area is 108 Å². The number of rotatable bonds is 3. The van der Waals surface area contributed by atoms with E-state index in [1.165, 1.54) is 18.5 Å². The molecule has 1 aromatic rings. The minimum absolute atomic E-state index is 0.218. The van der Waals surface area contributed by atoms with Crippen LogP contribution in [-0.2, 0) is 16.0 Å². The van der Waals surface area contributed by atoms with Gasteiger partial charge in [-0.2, -0.15) is 0 Å². The van der Waals surface area contributed by atoms with Crippen LogP contribution in [0.2, 0.25) is 0 Å². The SMILES string of the molecule is Cc1ncn(CCC2COC3(CCCC3)O2)c1C. The van der Waals surface area contributed by atoms with Crippen molar-refractivity contribution in [2.24, 2.45) is 0 Å². The van der Waals surface area contributed by atoms with Gasteiger partial charge in [-0.1, -0.05) is 0 Å². The lowest BCUT2D eigenvalue weighted by Crippen LogP contribution is -2.26. The van der Waals surface area contributed by atoms with E-state index in [0.717, 1.165) is 38.1 Å². The molecule has 2 aliphatic rings. The number of aryl methyl sites for hydroxylation is 2. The highest BCUT2D eigenvalue weighted by atomic mass is 16.7. The normalized spacial score (nSPS) is 26.2. The van der Waals surface area contributed by atoms with Crippen molar-refractivity contribution < 1.29 is 9.47 Å². The summed E-state index contributed by atoms with van der Waals surface area (Å²) in [5.41, 5.74) is 2.37. The van der Waals surface area contributed by atoms with Crippen molar-refractivity contribution in [2.45, 2.75) is 64.4 Å². The van der Waals surface area contributed by atoms with Crippen LogP contribution < -0.4 is 0 Å². The quantitative estimate of drug-likeness (QED) is 0.827. The number of hydrogen-bond donors (Lipinski definition) is 0. The summed E-state index contributed by atoms with van der Waals surface area (Å²) in [6.07, 6.45) is 7.83. The number of hydrogen-bond acceptors (Lipinski definition) is 3. The Bertz CT molecular complexity index is 421. The standard InChI is InChI=1S/C14H22N2O2/c1-11-12(2)16(10-15-11)8-5-13-9-17-14(18-13)6-3-4-7-14/h10,13H,3-9H2,1-2H3. The summed E-state index contributed by atoms with van der Waals surface area (Å²) in [7, 11) is 0. The van der Waals surface area contributed by atoms with Crippen LogP contribution in [0.4, 0.5) is 0 Å². The fraction of sp³-hybridized carbons (Fsp3) is 0.786. The van der Waals surface area contributed by atoms with Gasteiger partial charge in [-0.25, -0.2) is 4.98 Å². The van der Waals surface area contributed by atoms with E-state index in [4.69, 9.17) is 9.47 Å². The molecule has 0 bridgehead atoms. The van der Waals surface area contributed by atoms with Crippen LogP contribution in [0.25, 0.3) is 0 Å². The average Bonchev–Trinajstić information content (AvgIpc) is 3.05. The Balaban J connectivity index is 1.54. The van der Waals surface area contributed by atoms with Gasteiger partial charge in [0.1, 0.15) is 0 Å². The third-order valence-electron chi connectivity index (χ3n) is 4.32. The first-order valence-corrected chi connectivity index (χ1v) is 6.99. The van der Waals surface area contributed by atoms with Crippen LogP contribution in [0.1, 0.15) is 43.5 Å². The van der Waals surface area contributed by atoms with Crippen molar-refractivity contribution in [3.63, 3.8) is 0 Å². The first-order valence-electron chi connectivity index (χ1n) is 6.99.